The summed E-state index contributed by atoms with van der Waals surface area (Å²) in [5, 5.41) is 19.0. The molecular weight excluding hydrogens is 456 g/mol. The second-order valence-corrected chi connectivity index (χ2v) is 8.96. The van der Waals surface area contributed by atoms with E-state index in [1.165, 1.54) is 6.92 Å². The van der Waals surface area contributed by atoms with Crippen molar-refractivity contribution in [1.82, 2.24) is 21.3 Å². The van der Waals surface area contributed by atoms with E-state index in [0.717, 1.165) is 5.56 Å². The topological polar surface area (TPSA) is 163 Å². The average molecular weight is 493 g/mol. The van der Waals surface area contributed by atoms with Crippen LogP contribution in [0, 0.1) is 11.8 Å². The number of amides is 4. The Morgan fingerprint density at radius 1 is 0.886 bits per heavy atom. The Morgan fingerprint density at radius 3 is 2.06 bits per heavy atom. The van der Waals surface area contributed by atoms with E-state index in [-0.39, 0.29) is 24.9 Å². The predicted molar refractivity (Wildman–Crippen MR) is 128 cm³/mol. The summed E-state index contributed by atoms with van der Waals surface area (Å²) in [6, 6.07) is 5.95. The van der Waals surface area contributed by atoms with Gasteiger partial charge >= 0.3 is 12.1 Å². The van der Waals surface area contributed by atoms with Crippen LogP contribution in [0.3, 0.4) is 0 Å². The maximum absolute atomic E-state index is 12.7. The van der Waals surface area contributed by atoms with Gasteiger partial charge in [0.25, 0.3) is 0 Å². The molecule has 4 amide bonds. The summed E-state index contributed by atoms with van der Waals surface area (Å²) in [5.74, 6) is -3.32. The van der Waals surface area contributed by atoms with Gasteiger partial charge in [-0.3, -0.25) is 14.4 Å². The number of carbonyl (C=O) groups is 5. The molecule has 1 aromatic rings. The third-order valence-electron chi connectivity index (χ3n) is 4.95. The molecule has 0 aromatic heterocycles. The number of ether oxygens (including phenoxy) is 1. The number of alkyl carbamates (subject to hydrolysis) is 1. The molecule has 0 heterocycles. The van der Waals surface area contributed by atoms with E-state index in [1.807, 2.05) is 32.0 Å². The first-order chi connectivity index (χ1) is 16.4. The highest BCUT2D eigenvalue weighted by Gasteiger charge is 2.29. The Kier molecular flexibility index (Phi) is 12.3. The molecule has 1 aromatic carbocycles. The van der Waals surface area contributed by atoms with Crippen molar-refractivity contribution in [3.63, 3.8) is 0 Å². The van der Waals surface area contributed by atoms with Crippen LogP contribution in [0.15, 0.2) is 30.3 Å². The van der Waals surface area contributed by atoms with Crippen LogP contribution in [0.4, 0.5) is 4.79 Å². The Balaban J connectivity index is 2.55. The fourth-order valence-electron chi connectivity index (χ4n) is 3.04. The van der Waals surface area contributed by atoms with E-state index in [9.17, 15) is 29.1 Å². The SMILES string of the molecule is CC(C)C[C@H](NC(=O)[C@H](C)NC(=O)[C@@H](NC(=O)CNC(=O)OCc1ccccc1)C(C)C)C(=O)O. The minimum atomic E-state index is -1.16. The van der Waals surface area contributed by atoms with E-state index in [4.69, 9.17) is 4.74 Å². The first-order valence-electron chi connectivity index (χ1n) is 11.5. The van der Waals surface area contributed by atoms with Gasteiger partial charge in [0.15, 0.2) is 0 Å². The zero-order valence-electron chi connectivity index (χ0n) is 20.8. The number of hydrogen-bond donors (Lipinski definition) is 5. The van der Waals surface area contributed by atoms with Gasteiger partial charge in [0.2, 0.25) is 17.7 Å². The molecule has 1 rings (SSSR count). The molecule has 0 fully saturated rings. The lowest BCUT2D eigenvalue weighted by molar-refractivity contribution is -0.142. The quantitative estimate of drug-likeness (QED) is 0.276. The van der Waals surface area contributed by atoms with E-state index < -0.39 is 54.5 Å². The lowest BCUT2D eigenvalue weighted by Crippen LogP contribution is -2.56. The van der Waals surface area contributed by atoms with Crippen LogP contribution in [0.1, 0.15) is 46.6 Å². The molecule has 0 saturated carbocycles. The summed E-state index contributed by atoms with van der Waals surface area (Å²) in [6.07, 6.45) is -0.540. The highest BCUT2D eigenvalue weighted by atomic mass is 16.5. The summed E-state index contributed by atoms with van der Waals surface area (Å²) in [7, 11) is 0. The van der Waals surface area contributed by atoms with Gasteiger partial charge in [0.05, 0.1) is 0 Å². The van der Waals surface area contributed by atoms with Gasteiger partial charge in [-0.2, -0.15) is 0 Å². The van der Waals surface area contributed by atoms with Gasteiger partial charge in [0.1, 0.15) is 31.3 Å². The summed E-state index contributed by atoms with van der Waals surface area (Å²) >= 11 is 0. The zero-order chi connectivity index (χ0) is 26.5. The number of nitrogens with one attached hydrogen (secondary N) is 4. The van der Waals surface area contributed by atoms with Crippen LogP contribution < -0.4 is 21.3 Å². The minimum Gasteiger partial charge on any atom is -0.480 e. The van der Waals surface area contributed by atoms with Gasteiger partial charge in [-0.25, -0.2) is 9.59 Å². The van der Waals surface area contributed by atoms with Crippen molar-refractivity contribution >= 4 is 29.8 Å². The number of hydrogen-bond acceptors (Lipinski definition) is 6. The minimum absolute atomic E-state index is 0.0468. The number of carboxylic acid groups (broad SMARTS) is 1. The number of carboxylic acids is 1. The second kappa shape index (κ2) is 14.6. The van der Waals surface area contributed by atoms with Crippen molar-refractivity contribution in [3.05, 3.63) is 35.9 Å². The predicted octanol–water partition coefficient (Wildman–Crippen LogP) is 1.17. The van der Waals surface area contributed by atoms with Crippen molar-refractivity contribution in [2.75, 3.05) is 6.54 Å². The summed E-state index contributed by atoms with van der Waals surface area (Å²) in [5.41, 5.74) is 0.792. The van der Waals surface area contributed by atoms with Crippen molar-refractivity contribution in [2.24, 2.45) is 11.8 Å². The van der Waals surface area contributed by atoms with Crippen LogP contribution in [-0.4, -0.2) is 59.6 Å². The molecule has 11 nitrogen and oxygen atoms in total. The molecule has 3 atom stereocenters. The van der Waals surface area contributed by atoms with E-state index in [0.29, 0.717) is 0 Å². The lowest BCUT2D eigenvalue weighted by atomic mass is 10.0. The number of rotatable bonds is 13. The summed E-state index contributed by atoms with van der Waals surface area (Å²) in [4.78, 5) is 60.6. The van der Waals surface area contributed by atoms with Crippen LogP contribution in [0.2, 0.25) is 0 Å². The summed E-state index contributed by atoms with van der Waals surface area (Å²) in [6.45, 7) is 8.15. The molecule has 0 radical (unpaired) electrons. The Bertz CT molecular complexity index is 874. The highest BCUT2D eigenvalue weighted by molar-refractivity contribution is 5.93. The third-order valence-corrected chi connectivity index (χ3v) is 4.95. The average Bonchev–Trinajstić information content (AvgIpc) is 2.79. The van der Waals surface area contributed by atoms with Crippen LogP contribution >= 0.6 is 0 Å². The maximum Gasteiger partial charge on any atom is 0.407 e. The maximum atomic E-state index is 12.7. The molecule has 35 heavy (non-hydrogen) atoms. The molecule has 0 saturated heterocycles. The van der Waals surface area contributed by atoms with Gasteiger partial charge in [-0.1, -0.05) is 58.0 Å². The molecule has 0 aliphatic rings. The number of benzene rings is 1. The van der Waals surface area contributed by atoms with Crippen LogP contribution in [0.5, 0.6) is 0 Å². The standard InChI is InChI=1S/C24H36N4O7/c1-14(2)11-18(23(32)33)27-21(30)16(5)26-22(31)20(15(3)4)28-19(29)12-25-24(34)35-13-17-9-7-6-8-10-17/h6-10,14-16,18,20H,11-13H2,1-5H3,(H,25,34)(H,26,31)(H,27,30)(H,28,29)(H,32,33)/t16-,18-,20-/m0/s1. The van der Waals surface area contributed by atoms with Gasteiger partial charge in [-0.15, -0.1) is 0 Å². The highest BCUT2D eigenvalue weighted by Crippen LogP contribution is 2.06. The van der Waals surface area contributed by atoms with Crippen LogP contribution in [-0.2, 0) is 30.5 Å². The molecule has 5 N–H and O–H groups in total. The number of aliphatic carboxylic acids is 1. The largest absolute Gasteiger partial charge is 0.480 e. The molecule has 0 aliphatic carbocycles. The normalized spacial score (nSPS) is 13.3. The van der Waals surface area contributed by atoms with Crippen molar-refractivity contribution in [1.29, 1.82) is 0 Å². The van der Waals surface area contributed by atoms with E-state index >= 15 is 0 Å². The Hall–Kier alpha value is -3.63. The fourth-order valence-corrected chi connectivity index (χ4v) is 3.04. The Morgan fingerprint density at radius 2 is 1.51 bits per heavy atom. The van der Waals surface area contributed by atoms with Crippen molar-refractivity contribution in [3.8, 4) is 0 Å². The summed E-state index contributed by atoms with van der Waals surface area (Å²) < 4.78 is 5.03. The molecule has 11 heteroatoms. The van der Waals surface area contributed by atoms with Crippen molar-refractivity contribution in [2.45, 2.75) is 65.8 Å². The van der Waals surface area contributed by atoms with Crippen LogP contribution in [0.25, 0.3) is 0 Å². The number of carbonyl (C=O) groups excluding carboxylic acids is 4. The third kappa shape index (κ3) is 11.4. The molecule has 194 valence electrons. The first-order valence-corrected chi connectivity index (χ1v) is 11.5. The van der Waals surface area contributed by atoms with E-state index in [2.05, 4.69) is 21.3 Å². The molecular formula is C24H36N4O7. The molecule has 0 spiro atoms. The van der Waals surface area contributed by atoms with Crippen molar-refractivity contribution < 1.29 is 33.8 Å². The van der Waals surface area contributed by atoms with Gasteiger partial charge in [-0.05, 0) is 30.7 Å². The zero-order valence-corrected chi connectivity index (χ0v) is 20.8. The fraction of sp³-hybridized carbons (Fsp3) is 0.542. The molecule has 0 aliphatic heterocycles. The molecule has 0 unspecified atom stereocenters. The molecule has 0 bridgehead atoms. The van der Waals surface area contributed by atoms with Gasteiger partial charge in [0, 0.05) is 0 Å². The first kappa shape index (κ1) is 29.4. The van der Waals surface area contributed by atoms with E-state index in [1.54, 1.807) is 26.0 Å². The smallest absolute Gasteiger partial charge is 0.407 e. The lowest BCUT2D eigenvalue weighted by Gasteiger charge is -2.25. The Labute approximate surface area is 205 Å². The van der Waals surface area contributed by atoms with Gasteiger partial charge < -0.3 is 31.1 Å². The second-order valence-electron chi connectivity index (χ2n) is 8.96. The monoisotopic (exact) mass is 492 g/mol.